The van der Waals surface area contributed by atoms with Crippen LogP contribution in [0.1, 0.15) is 61.7 Å². The number of aromatic nitrogens is 3. The number of oxazole rings is 1. The molecule has 6 rings (SSSR count). The number of fused-ring (bicyclic) bond motifs is 1. The highest BCUT2D eigenvalue weighted by Crippen LogP contribution is 2.31. The summed E-state index contributed by atoms with van der Waals surface area (Å²) < 4.78 is 12.9. The number of amides is 2. The van der Waals surface area contributed by atoms with E-state index in [1.165, 1.54) is 17.7 Å². The van der Waals surface area contributed by atoms with Gasteiger partial charge in [-0.1, -0.05) is 32.9 Å². The molecule has 0 spiro atoms. The van der Waals surface area contributed by atoms with Crippen LogP contribution in [0.5, 0.6) is 0 Å². The molecule has 2 saturated heterocycles. The molecule has 246 valence electrons. The Morgan fingerprint density at radius 1 is 1.17 bits per heavy atom. The van der Waals surface area contributed by atoms with Crippen LogP contribution >= 0.6 is 11.3 Å². The van der Waals surface area contributed by atoms with Gasteiger partial charge in [0.25, 0.3) is 11.8 Å². The summed E-state index contributed by atoms with van der Waals surface area (Å²) in [5.41, 5.74) is 2.64. The molecule has 2 amide bonds. The quantitative estimate of drug-likeness (QED) is 0.160. The van der Waals surface area contributed by atoms with Crippen molar-refractivity contribution in [3.8, 4) is 16.7 Å². The standard InChI is InChI=1S/C35H41N7O4S/c1-35(2,3)16-24(17-36)33(44)41-14-6-7-25(41)20-42-28-10-9-23(19-40-13-5-8-26(40)21-45-4)15-27(28)38-34(42)39-32(43)31-12-11-30(47-31)29-18-37-22-46-29/h9-12,15-16,18,22,25-26H,5-8,13-14,19-21H2,1-4H3,(H,38,39,43). The molecule has 1 N–H and O–H groups in total. The molecule has 4 aromatic rings. The molecular formula is C35H41N7O4S. The summed E-state index contributed by atoms with van der Waals surface area (Å²) in [5, 5.41) is 12.9. The van der Waals surface area contributed by atoms with E-state index in [4.69, 9.17) is 14.1 Å². The van der Waals surface area contributed by atoms with Gasteiger partial charge in [-0.2, -0.15) is 5.26 Å². The van der Waals surface area contributed by atoms with Crippen LogP contribution in [0.4, 0.5) is 5.95 Å². The molecule has 5 heterocycles. The largest absolute Gasteiger partial charge is 0.443 e. The van der Waals surface area contributed by atoms with E-state index in [-0.39, 0.29) is 28.8 Å². The molecule has 2 aliphatic heterocycles. The second-order valence-corrected chi connectivity index (χ2v) is 14.5. The Hall–Kier alpha value is -4.31. The van der Waals surface area contributed by atoms with Crippen LogP contribution in [0, 0.1) is 16.7 Å². The van der Waals surface area contributed by atoms with Crippen molar-refractivity contribution in [3.05, 3.63) is 65.0 Å². The maximum atomic E-state index is 13.6. The number of carbonyl (C=O) groups is 2. The summed E-state index contributed by atoms with van der Waals surface area (Å²) in [7, 11) is 1.75. The third kappa shape index (κ3) is 7.32. The average Bonchev–Trinajstić information content (AvgIpc) is 3.87. The number of ether oxygens (including phenoxy) is 1. The Labute approximate surface area is 278 Å². The van der Waals surface area contributed by atoms with E-state index in [0.29, 0.717) is 42.3 Å². The van der Waals surface area contributed by atoms with Crippen LogP contribution in [-0.4, -0.2) is 75.0 Å². The van der Waals surface area contributed by atoms with Crippen molar-refractivity contribution < 1.29 is 18.7 Å². The number of rotatable bonds is 10. The third-order valence-corrected chi connectivity index (χ3v) is 9.84. The smallest absolute Gasteiger partial charge is 0.268 e. The maximum absolute atomic E-state index is 13.6. The normalized spacial score (nSPS) is 19.0. The van der Waals surface area contributed by atoms with Gasteiger partial charge in [-0.25, -0.2) is 9.97 Å². The van der Waals surface area contributed by atoms with Crippen molar-refractivity contribution in [2.24, 2.45) is 5.41 Å². The average molecular weight is 656 g/mol. The molecule has 2 atom stereocenters. The molecule has 11 nitrogen and oxygen atoms in total. The van der Waals surface area contributed by atoms with Crippen LogP contribution in [0.15, 0.2) is 59.0 Å². The summed E-state index contributed by atoms with van der Waals surface area (Å²) in [5.74, 6) is 0.483. The first-order chi connectivity index (χ1) is 22.6. The summed E-state index contributed by atoms with van der Waals surface area (Å²) in [4.78, 5) is 41.6. The number of benzene rings is 1. The van der Waals surface area contributed by atoms with Crippen molar-refractivity contribution in [1.82, 2.24) is 24.3 Å². The SMILES string of the molecule is COCC1CCCN1Cc1ccc2c(c1)nc(NC(=O)c1ccc(-c3cnco3)s1)n2CC1CCCN1C(=O)C(C#N)=CC(C)(C)C. The molecule has 0 bridgehead atoms. The van der Waals surface area contributed by atoms with Crippen LogP contribution in [0.25, 0.3) is 21.7 Å². The van der Waals surface area contributed by atoms with E-state index in [9.17, 15) is 14.9 Å². The van der Waals surface area contributed by atoms with Gasteiger partial charge in [0.05, 0.1) is 39.6 Å². The van der Waals surface area contributed by atoms with Crippen molar-refractivity contribution >= 4 is 40.1 Å². The van der Waals surface area contributed by atoms with Gasteiger partial charge in [0.2, 0.25) is 5.95 Å². The summed E-state index contributed by atoms with van der Waals surface area (Å²) >= 11 is 1.31. The highest BCUT2D eigenvalue weighted by Gasteiger charge is 2.33. The fourth-order valence-electron chi connectivity index (χ4n) is 6.60. The Morgan fingerprint density at radius 2 is 1.98 bits per heavy atom. The number of thiophene rings is 1. The number of nitrogens with one attached hydrogen (secondary N) is 1. The van der Waals surface area contributed by atoms with E-state index in [1.54, 1.807) is 30.3 Å². The first-order valence-electron chi connectivity index (χ1n) is 16.1. The fourth-order valence-corrected chi connectivity index (χ4v) is 7.45. The maximum Gasteiger partial charge on any atom is 0.268 e. The Kier molecular flexibility index (Phi) is 9.59. The van der Waals surface area contributed by atoms with E-state index in [0.717, 1.165) is 60.2 Å². The Balaban J connectivity index is 1.30. The molecule has 0 radical (unpaired) electrons. The van der Waals surface area contributed by atoms with Gasteiger partial charge in [-0.15, -0.1) is 11.3 Å². The molecule has 2 unspecified atom stereocenters. The number of carbonyl (C=O) groups excluding carboxylic acids is 2. The predicted octanol–water partition coefficient (Wildman–Crippen LogP) is 6.10. The lowest BCUT2D eigenvalue weighted by Crippen LogP contribution is -2.39. The van der Waals surface area contributed by atoms with Crippen molar-refractivity contribution in [1.29, 1.82) is 5.26 Å². The van der Waals surface area contributed by atoms with Crippen LogP contribution in [0.3, 0.4) is 0 Å². The van der Waals surface area contributed by atoms with E-state index >= 15 is 0 Å². The van der Waals surface area contributed by atoms with Gasteiger partial charge >= 0.3 is 0 Å². The van der Waals surface area contributed by atoms with Crippen LogP contribution in [-0.2, 0) is 22.6 Å². The molecule has 2 aliphatic rings. The van der Waals surface area contributed by atoms with E-state index in [1.807, 2.05) is 31.4 Å². The highest BCUT2D eigenvalue weighted by atomic mass is 32.1. The molecule has 1 aromatic carbocycles. The molecular weight excluding hydrogens is 614 g/mol. The third-order valence-electron chi connectivity index (χ3n) is 8.75. The van der Waals surface area contributed by atoms with Crippen molar-refractivity contribution in [2.45, 2.75) is 71.6 Å². The van der Waals surface area contributed by atoms with Crippen LogP contribution in [0.2, 0.25) is 0 Å². The lowest BCUT2D eigenvalue weighted by atomic mass is 9.93. The van der Waals surface area contributed by atoms with Gasteiger partial charge in [0.1, 0.15) is 11.6 Å². The number of nitrogens with zero attached hydrogens (tertiary/aromatic N) is 6. The zero-order chi connectivity index (χ0) is 33.1. The summed E-state index contributed by atoms with van der Waals surface area (Å²) in [6, 6.07) is 12.2. The highest BCUT2D eigenvalue weighted by molar-refractivity contribution is 7.17. The Bertz CT molecular complexity index is 1810. The number of methoxy groups -OCH3 is 1. The zero-order valence-corrected chi connectivity index (χ0v) is 28.2. The number of allylic oxidation sites excluding steroid dienone is 1. The molecule has 3 aromatic heterocycles. The number of likely N-dealkylation sites (tertiary alicyclic amines) is 2. The van der Waals surface area contributed by atoms with Gasteiger partial charge in [0.15, 0.2) is 12.2 Å². The first-order valence-corrected chi connectivity index (χ1v) is 16.9. The van der Waals surface area contributed by atoms with Crippen molar-refractivity contribution in [2.75, 3.05) is 32.1 Å². The number of hydrogen-bond acceptors (Lipinski definition) is 9. The minimum atomic E-state index is -0.306. The van der Waals surface area contributed by atoms with Crippen LogP contribution < -0.4 is 5.32 Å². The van der Waals surface area contributed by atoms with Gasteiger partial charge in [-0.3, -0.25) is 19.8 Å². The predicted molar refractivity (Wildman–Crippen MR) is 181 cm³/mol. The van der Waals surface area contributed by atoms with Gasteiger partial charge in [0, 0.05) is 32.8 Å². The number of nitriles is 1. The van der Waals surface area contributed by atoms with Crippen molar-refractivity contribution in [3.63, 3.8) is 0 Å². The van der Waals surface area contributed by atoms with Gasteiger partial charge in [-0.05, 0) is 67.5 Å². The molecule has 0 aliphatic carbocycles. The minimum absolute atomic E-state index is 0.159. The lowest BCUT2D eigenvalue weighted by Gasteiger charge is -2.26. The zero-order valence-electron chi connectivity index (χ0n) is 27.4. The molecule has 2 fully saturated rings. The van der Waals surface area contributed by atoms with E-state index in [2.05, 4.69) is 39.5 Å². The number of imidazole rings is 1. The molecule has 12 heteroatoms. The monoisotopic (exact) mass is 655 g/mol. The van der Waals surface area contributed by atoms with E-state index < -0.39 is 0 Å². The molecule has 0 saturated carbocycles. The number of hydrogen-bond donors (Lipinski definition) is 1. The van der Waals surface area contributed by atoms with Gasteiger partial charge < -0.3 is 18.6 Å². The fraction of sp³-hybridized carbons (Fsp3) is 0.457. The molecule has 47 heavy (non-hydrogen) atoms. The lowest BCUT2D eigenvalue weighted by molar-refractivity contribution is -0.127. The first kappa shape index (κ1) is 32.6. The summed E-state index contributed by atoms with van der Waals surface area (Å²) in [6.07, 6.45) is 8.62. The Morgan fingerprint density at radius 3 is 2.72 bits per heavy atom. The second kappa shape index (κ2) is 13.8. The second-order valence-electron chi connectivity index (χ2n) is 13.4. The minimum Gasteiger partial charge on any atom is -0.443 e. The number of anilines is 1. The topological polar surface area (TPSA) is 130 Å². The summed E-state index contributed by atoms with van der Waals surface area (Å²) in [6.45, 7) is 9.46.